The predicted octanol–water partition coefficient (Wildman–Crippen LogP) is 2.45. The van der Waals surface area contributed by atoms with Gasteiger partial charge in [0.2, 0.25) is 10.0 Å². The van der Waals surface area contributed by atoms with E-state index in [9.17, 15) is 8.42 Å². The molecule has 1 N–H and O–H groups in total. The van der Waals surface area contributed by atoms with Gasteiger partial charge in [0.15, 0.2) is 0 Å². The Bertz CT molecular complexity index is 636. The summed E-state index contributed by atoms with van der Waals surface area (Å²) in [7, 11) is -3.41. The Morgan fingerprint density at radius 2 is 2.05 bits per heavy atom. The van der Waals surface area contributed by atoms with Gasteiger partial charge in [-0.25, -0.2) is 8.42 Å². The molecule has 0 aromatic heterocycles. The summed E-state index contributed by atoms with van der Waals surface area (Å²) in [6.07, 6.45) is 2.90. The molecule has 0 bridgehead atoms. The van der Waals surface area contributed by atoms with Gasteiger partial charge in [0.1, 0.15) is 0 Å². The summed E-state index contributed by atoms with van der Waals surface area (Å²) in [5.41, 5.74) is 2.93. The maximum Gasteiger partial charge on any atom is 0.243 e. The minimum atomic E-state index is -3.41. The van der Waals surface area contributed by atoms with E-state index < -0.39 is 10.0 Å². The fourth-order valence-corrected chi connectivity index (χ4v) is 4.30. The number of sulfonamides is 1. The maximum atomic E-state index is 12.9. The Morgan fingerprint density at radius 1 is 1.29 bits per heavy atom. The standard InChI is InChI=1S/C16H24N2O2S/c1-4-17-11-15-8-7-14(3)16(10-15)21(19,20)18-9-5-6-13(2)12-18/h6-8,10,17H,4-5,9,11-12H2,1-3H3. The molecule has 1 aromatic carbocycles. The van der Waals surface area contributed by atoms with E-state index in [0.29, 0.717) is 24.5 Å². The van der Waals surface area contributed by atoms with Crippen LogP contribution in [0, 0.1) is 6.92 Å². The second kappa shape index (κ2) is 6.73. The lowest BCUT2D eigenvalue weighted by Crippen LogP contribution is -2.35. The number of nitrogens with zero attached hydrogens (tertiary/aromatic N) is 1. The van der Waals surface area contributed by atoms with Crippen molar-refractivity contribution < 1.29 is 8.42 Å². The molecule has 4 nitrogen and oxygen atoms in total. The fourth-order valence-electron chi connectivity index (χ4n) is 2.52. The molecule has 0 unspecified atom stereocenters. The zero-order valence-electron chi connectivity index (χ0n) is 13.0. The summed E-state index contributed by atoms with van der Waals surface area (Å²) in [6, 6.07) is 5.69. The van der Waals surface area contributed by atoms with E-state index in [2.05, 4.69) is 11.4 Å². The molecule has 0 radical (unpaired) electrons. The number of benzene rings is 1. The van der Waals surface area contributed by atoms with Crippen LogP contribution < -0.4 is 5.32 Å². The summed E-state index contributed by atoms with van der Waals surface area (Å²) in [5.74, 6) is 0. The zero-order chi connectivity index (χ0) is 15.5. The van der Waals surface area contributed by atoms with E-state index in [1.165, 1.54) is 0 Å². The summed E-state index contributed by atoms with van der Waals surface area (Å²) in [4.78, 5) is 0.438. The van der Waals surface area contributed by atoms with Crippen molar-refractivity contribution in [1.29, 1.82) is 0 Å². The van der Waals surface area contributed by atoms with Crippen LogP contribution in [0.3, 0.4) is 0 Å². The first kappa shape index (κ1) is 16.2. The molecule has 0 spiro atoms. The van der Waals surface area contributed by atoms with E-state index in [1.807, 2.05) is 32.9 Å². The first-order valence-electron chi connectivity index (χ1n) is 7.41. The Hall–Kier alpha value is -1.17. The molecule has 1 aliphatic rings. The Balaban J connectivity index is 2.32. The van der Waals surface area contributed by atoms with Crippen molar-refractivity contribution in [3.8, 4) is 0 Å². The van der Waals surface area contributed by atoms with Gasteiger partial charge in [-0.15, -0.1) is 0 Å². The fraction of sp³-hybridized carbons (Fsp3) is 0.500. The molecule has 0 fully saturated rings. The van der Waals surface area contributed by atoms with Crippen molar-refractivity contribution in [3.63, 3.8) is 0 Å². The van der Waals surface area contributed by atoms with Gasteiger partial charge in [-0.1, -0.05) is 30.7 Å². The Morgan fingerprint density at radius 3 is 2.71 bits per heavy atom. The first-order valence-corrected chi connectivity index (χ1v) is 8.85. The second-order valence-corrected chi connectivity index (χ2v) is 7.46. The molecule has 0 atom stereocenters. The van der Waals surface area contributed by atoms with Crippen LogP contribution in [0.25, 0.3) is 0 Å². The third kappa shape index (κ3) is 3.73. The van der Waals surface area contributed by atoms with Gasteiger partial charge < -0.3 is 5.32 Å². The van der Waals surface area contributed by atoms with Gasteiger partial charge in [-0.2, -0.15) is 4.31 Å². The third-order valence-electron chi connectivity index (χ3n) is 3.75. The van der Waals surface area contributed by atoms with Crippen LogP contribution in [0.2, 0.25) is 0 Å². The van der Waals surface area contributed by atoms with E-state index in [-0.39, 0.29) is 0 Å². The second-order valence-electron chi connectivity index (χ2n) is 5.56. The van der Waals surface area contributed by atoms with Gasteiger partial charge in [-0.3, -0.25) is 0 Å². The quantitative estimate of drug-likeness (QED) is 0.850. The van der Waals surface area contributed by atoms with Crippen molar-refractivity contribution in [2.75, 3.05) is 19.6 Å². The van der Waals surface area contributed by atoms with Crippen LogP contribution in [0.15, 0.2) is 34.7 Å². The van der Waals surface area contributed by atoms with Gasteiger partial charge in [0.25, 0.3) is 0 Å². The summed E-state index contributed by atoms with van der Waals surface area (Å²) in [5, 5.41) is 3.23. The smallest absolute Gasteiger partial charge is 0.243 e. The summed E-state index contributed by atoms with van der Waals surface area (Å²) >= 11 is 0. The molecule has 2 rings (SSSR count). The number of rotatable bonds is 5. The minimum absolute atomic E-state index is 0.438. The van der Waals surface area contributed by atoms with Gasteiger partial charge in [0, 0.05) is 19.6 Å². The molecular formula is C16H24N2O2S. The summed E-state index contributed by atoms with van der Waals surface area (Å²) in [6.45, 7) is 8.50. The summed E-state index contributed by atoms with van der Waals surface area (Å²) < 4.78 is 27.3. The van der Waals surface area contributed by atoms with Crippen LogP contribution in [0.1, 0.15) is 31.4 Å². The number of nitrogens with one attached hydrogen (secondary N) is 1. The van der Waals surface area contributed by atoms with Crippen molar-refractivity contribution >= 4 is 10.0 Å². The lowest BCUT2D eigenvalue weighted by atomic mass is 10.1. The van der Waals surface area contributed by atoms with Crippen LogP contribution in [0.5, 0.6) is 0 Å². The first-order chi connectivity index (χ1) is 9.95. The molecule has 1 aliphatic heterocycles. The molecule has 0 saturated carbocycles. The highest BCUT2D eigenvalue weighted by molar-refractivity contribution is 7.89. The largest absolute Gasteiger partial charge is 0.313 e. The van der Waals surface area contributed by atoms with E-state index in [0.717, 1.165) is 29.7 Å². The lowest BCUT2D eigenvalue weighted by Gasteiger charge is -2.26. The predicted molar refractivity (Wildman–Crippen MR) is 85.7 cm³/mol. The Kier molecular flexibility index (Phi) is 5.19. The highest BCUT2D eigenvalue weighted by Crippen LogP contribution is 2.24. The normalized spacial score (nSPS) is 16.8. The average Bonchev–Trinajstić information content (AvgIpc) is 2.46. The van der Waals surface area contributed by atoms with E-state index >= 15 is 0 Å². The third-order valence-corrected chi connectivity index (χ3v) is 5.73. The zero-order valence-corrected chi connectivity index (χ0v) is 13.8. The van der Waals surface area contributed by atoms with Crippen molar-refractivity contribution in [2.24, 2.45) is 0 Å². The molecule has 1 heterocycles. The number of hydrogen-bond donors (Lipinski definition) is 1. The molecule has 0 aliphatic carbocycles. The van der Waals surface area contributed by atoms with Crippen molar-refractivity contribution in [3.05, 3.63) is 41.0 Å². The van der Waals surface area contributed by atoms with Crippen LogP contribution in [0.4, 0.5) is 0 Å². The lowest BCUT2D eigenvalue weighted by molar-refractivity contribution is 0.427. The molecule has 0 saturated heterocycles. The molecule has 1 aromatic rings. The SMILES string of the molecule is CCNCc1ccc(C)c(S(=O)(=O)N2CCC=C(C)C2)c1. The van der Waals surface area contributed by atoms with Gasteiger partial charge >= 0.3 is 0 Å². The highest BCUT2D eigenvalue weighted by atomic mass is 32.2. The minimum Gasteiger partial charge on any atom is -0.313 e. The van der Waals surface area contributed by atoms with E-state index in [1.54, 1.807) is 10.4 Å². The molecule has 0 amide bonds. The molecule has 21 heavy (non-hydrogen) atoms. The van der Waals surface area contributed by atoms with E-state index in [4.69, 9.17) is 0 Å². The Labute approximate surface area is 127 Å². The van der Waals surface area contributed by atoms with Gasteiger partial charge in [0.05, 0.1) is 4.90 Å². The van der Waals surface area contributed by atoms with Crippen molar-refractivity contribution in [2.45, 2.75) is 38.6 Å². The molecule has 5 heteroatoms. The highest BCUT2D eigenvalue weighted by Gasteiger charge is 2.27. The maximum absolute atomic E-state index is 12.9. The van der Waals surface area contributed by atoms with Crippen LogP contribution in [-0.4, -0.2) is 32.4 Å². The van der Waals surface area contributed by atoms with Gasteiger partial charge in [-0.05, 0) is 44.0 Å². The monoisotopic (exact) mass is 308 g/mol. The molecular weight excluding hydrogens is 284 g/mol. The van der Waals surface area contributed by atoms with Crippen LogP contribution in [-0.2, 0) is 16.6 Å². The number of hydrogen-bond acceptors (Lipinski definition) is 3. The number of aryl methyl sites for hydroxylation is 1. The van der Waals surface area contributed by atoms with Crippen LogP contribution >= 0.6 is 0 Å². The average molecular weight is 308 g/mol. The molecule has 116 valence electrons. The topological polar surface area (TPSA) is 49.4 Å². The van der Waals surface area contributed by atoms with Crippen molar-refractivity contribution in [1.82, 2.24) is 9.62 Å².